The van der Waals surface area contributed by atoms with Crippen LogP contribution in [0.1, 0.15) is 52.1 Å². The van der Waals surface area contributed by atoms with Gasteiger partial charge in [-0.2, -0.15) is 5.10 Å². The normalized spacial score (nSPS) is 14.2. The number of ketones is 1. The molecule has 2 heterocycles. The highest BCUT2D eigenvalue weighted by molar-refractivity contribution is 6.17. The summed E-state index contributed by atoms with van der Waals surface area (Å²) < 4.78 is 5.38. The van der Waals surface area contributed by atoms with Crippen molar-refractivity contribution in [1.29, 1.82) is 0 Å². The molecule has 35 heavy (non-hydrogen) atoms. The molecule has 4 aromatic rings. The maximum Gasteiger partial charge on any atom is 0.255 e. The van der Waals surface area contributed by atoms with Crippen molar-refractivity contribution in [2.45, 2.75) is 32.2 Å². The van der Waals surface area contributed by atoms with Crippen molar-refractivity contribution < 1.29 is 14.3 Å². The molecule has 5 rings (SSSR count). The van der Waals surface area contributed by atoms with E-state index in [2.05, 4.69) is 29.4 Å². The van der Waals surface area contributed by atoms with Gasteiger partial charge in [-0.15, -0.1) is 0 Å². The van der Waals surface area contributed by atoms with E-state index in [1.54, 1.807) is 37.6 Å². The molecule has 3 aromatic carbocycles. The highest BCUT2D eigenvalue weighted by Gasteiger charge is 2.28. The number of H-pyrrole nitrogens is 1. The average molecular weight is 467 g/mol. The number of nitrogens with zero attached hydrogens (tertiary/aromatic N) is 2. The number of benzene rings is 3. The Morgan fingerprint density at radius 1 is 1.03 bits per heavy atom. The van der Waals surface area contributed by atoms with Gasteiger partial charge in [0.1, 0.15) is 5.75 Å². The molecular formula is C28H26N4O3. The molecule has 1 aromatic heterocycles. The molecule has 1 aliphatic rings. The number of aromatic amines is 1. The van der Waals surface area contributed by atoms with Crippen LogP contribution in [-0.4, -0.2) is 40.2 Å². The molecule has 1 aliphatic heterocycles. The Bertz CT molecular complexity index is 1470. The van der Waals surface area contributed by atoms with Crippen LogP contribution in [0.2, 0.25) is 0 Å². The second-order valence-electron chi connectivity index (χ2n) is 9.37. The Kier molecular flexibility index (Phi) is 5.68. The number of Topliss-reactive ketones (excluding diaryl/α,β-unsaturated/α-hetero) is 1. The molecule has 0 saturated heterocycles. The summed E-state index contributed by atoms with van der Waals surface area (Å²) >= 11 is 0. The van der Waals surface area contributed by atoms with Crippen molar-refractivity contribution in [1.82, 2.24) is 10.2 Å². The first-order valence-electron chi connectivity index (χ1n) is 11.4. The lowest BCUT2D eigenvalue weighted by Gasteiger charge is -2.29. The van der Waals surface area contributed by atoms with Gasteiger partial charge in [0.05, 0.1) is 36.5 Å². The van der Waals surface area contributed by atoms with Gasteiger partial charge in [0.15, 0.2) is 5.78 Å². The Morgan fingerprint density at radius 3 is 2.57 bits per heavy atom. The summed E-state index contributed by atoms with van der Waals surface area (Å²) in [5.41, 5.74) is 5.19. The van der Waals surface area contributed by atoms with E-state index >= 15 is 0 Å². The number of carbonyl (C=O) groups excluding carboxylic acids is 2. The van der Waals surface area contributed by atoms with E-state index in [9.17, 15) is 9.59 Å². The Labute approximate surface area is 203 Å². The number of fused-ring (bicyclic) bond motifs is 2. The maximum atomic E-state index is 13.1. The van der Waals surface area contributed by atoms with Crippen LogP contribution in [-0.2, 0) is 6.42 Å². The molecule has 0 atom stereocenters. The smallest absolute Gasteiger partial charge is 0.255 e. The first-order valence-corrected chi connectivity index (χ1v) is 11.4. The van der Waals surface area contributed by atoms with Gasteiger partial charge in [0, 0.05) is 27.8 Å². The van der Waals surface area contributed by atoms with E-state index in [-0.39, 0.29) is 23.7 Å². The van der Waals surface area contributed by atoms with Gasteiger partial charge >= 0.3 is 0 Å². The van der Waals surface area contributed by atoms with Gasteiger partial charge in [-0.25, -0.2) is 0 Å². The minimum Gasteiger partial charge on any atom is -0.497 e. The van der Waals surface area contributed by atoms with Crippen LogP contribution in [0, 0.1) is 0 Å². The summed E-state index contributed by atoms with van der Waals surface area (Å²) in [7, 11) is 1.63. The van der Waals surface area contributed by atoms with Crippen LogP contribution >= 0.6 is 0 Å². The standard InChI is InChI=1S/C28H26N4O3/c1-28(2)15-19-8-10-22(35-3)13-23(19)25(31-28)14-26(33)17-4-6-18(7-5-17)27(34)30-21-9-11-24-20(12-21)16-29-32-24/h4-13,16H,14-15H2,1-3H3,(H,29,32)(H,30,34). The number of rotatable bonds is 6. The zero-order chi connectivity index (χ0) is 24.6. The van der Waals surface area contributed by atoms with E-state index in [1.165, 1.54) is 0 Å². The molecule has 7 nitrogen and oxygen atoms in total. The second-order valence-corrected chi connectivity index (χ2v) is 9.37. The molecule has 176 valence electrons. The molecule has 0 saturated carbocycles. The van der Waals surface area contributed by atoms with Gasteiger partial charge in [-0.1, -0.05) is 18.2 Å². The summed E-state index contributed by atoms with van der Waals surface area (Å²) in [6, 6.07) is 18.2. The maximum absolute atomic E-state index is 13.1. The summed E-state index contributed by atoms with van der Waals surface area (Å²) in [6.45, 7) is 4.14. The Balaban J connectivity index is 1.31. The number of aromatic nitrogens is 2. The number of amides is 1. The molecule has 2 N–H and O–H groups in total. The molecule has 0 spiro atoms. The first kappa shape index (κ1) is 22.5. The van der Waals surface area contributed by atoms with Crippen molar-refractivity contribution in [2.75, 3.05) is 12.4 Å². The Morgan fingerprint density at radius 2 is 1.80 bits per heavy atom. The van der Waals surface area contributed by atoms with Gasteiger partial charge in [0.2, 0.25) is 0 Å². The van der Waals surface area contributed by atoms with Crippen LogP contribution in [0.4, 0.5) is 5.69 Å². The molecule has 0 bridgehead atoms. The molecular weight excluding hydrogens is 440 g/mol. The SMILES string of the molecule is COc1ccc2c(c1)C(CC(=O)c1ccc(C(=O)Nc3ccc4[nH]ncc4c3)cc1)=NC(C)(C)C2. The quantitative estimate of drug-likeness (QED) is 0.381. The van der Waals surface area contributed by atoms with Crippen LogP contribution in [0.15, 0.2) is 71.9 Å². The van der Waals surface area contributed by atoms with E-state index in [0.717, 1.165) is 39.9 Å². The third kappa shape index (κ3) is 4.71. The third-order valence-electron chi connectivity index (χ3n) is 6.18. The van der Waals surface area contributed by atoms with Crippen molar-refractivity contribution >= 4 is 34.0 Å². The van der Waals surface area contributed by atoms with Crippen molar-refractivity contribution in [3.63, 3.8) is 0 Å². The van der Waals surface area contributed by atoms with Gasteiger partial charge in [-0.05, 0) is 68.3 Å². The van der Waals surface area contributed by atoms with Crippen LogP contribution in [0.25, 0.3) is 10.9 Å². The summed E-state index contributed by atoms with van der Waals surface area (Å²) in [6.07, 6.45) is 2.69. The zero-order valence-electron chi connectivity index (χ0n) is 19.9. The van der Waals surface area contributed by atoms with Gasteiger partial charge < -0.3 is 10.1 Å². The van der Waals surface area contributed by atoms with Crippen LogP contribution < -0.4 is 10.1 Å². The van der Waals surface area contributed by atoms with Gasteiger partial charge in [0.25, 0.3) is 5.91 Å². The summed E-state index contributed by atoms with van der Waals surface area (Å²) in [5.74, 6) is 0.449. The monoisotopic (exact) mass is 466 g/mol. The lowest BCUT2D eigenvalue weighted by Crippen LogP contribution is -2.30. The molecule has 7 heteroatoms. The molecule has 0 radical (unpaired) electrons. The summed E-state index contributed by atoms with van der Waals surface area (Å²) in [4.78, 5) is 30.7. The number of methoxy groups -OCH3 is 1. The Hall–Kier alpha value is -4.26. The van der Waals surface area contributed by atoms with Crippen molar-refractivity contribution in [3.8, 4) is 5.75 Å². The fraction of sp³-hybridized carbons (Fsp3) is 0.214. The minimum atomic E-state index is -0.279. The largest absolute Gasteiger partial charge is 0.497 e. The fourth-order valence-corrected chi connectivity index (χ4v) is 4.46. The lowest BCUT2D eigenvalue weighted by atomic mass is 9.85. The summed E-state index contributed by atoms with van der Waals surface area (Å²) in [5, 5.41) is 10.7. The fourth-order valence-electron chi connectivity index (χ4n) is 4.46. The lowest BCUT2D eigenvalue weighted by molar-refractivity contribution is 0.0995. The van der Waals surface area contributed by atoms with Crippen molar-refractivity contribution in [3.05, 3.63) is 89.1 Å². The van der Waals surface area contributed by atoms with Crippen molar-refractivity contribution in [2.24, 2.45) is 4.99 Å². The predicted molar refractivity (Wildman–Crippen MR) is 137 cm³/mol. The van der Waals surface area contributed by atoms with E-state index in [1.807, 2.05) is 36.4 Å². The number of aliphatic imine (C=N–C) groups is 1. The average Bonchev–Trinajstić information content (AvgIpc) is 3.31. The predicted octanol–water partition coefficient (Wildman–Crippen LogP) is 5.22. The number of ether oxygens (including phenoxy) is 1. The number of hydrogen-bond acceptors (Lipinski definition) is 5. The van der Waals surface area contributed by atoms with Gasteiger partial charge in [-0.3, -0.25) is 19.7 Å². The second kappa shape index (κ2) is 8.83. The zero-order valence-corrected chi connectivity index (χ0v) is 19.9. The number of carbonyl (C=O) groups is 2. The van der Waals surface area contributed by atoms with E-state index in [4.69, 9.17) is 9.73 Å². The third-order valence-corrected chi connectivity index (χ3v) is 6.18. The van der Waals surface area contributed by atoms with E-state index in [0.29, 0.717) is 16.8 Å². The number of hydrogen-bond donors (Lipinski definition) is 2. The highest BCUT2D eigenvalue weighted by Crippen LogP contribution is 2.31. The first-order chi connectivity index (χ1) is 16.8. The van der Waals surface area contributed by atoms with E-state index < -0.39 is 0 Å². The molecule has 1 amide bonds. The minimum absolute atomic E-state index is 0.0485. The number of nitrogens with one attached hydrogen (secondary N) is 2. The topological polar surface area (TPSA) is 96.4 Å². The highest BCUT2D eigenvalue weighted by atomic mass is 16.5. The van der Waals surface area contributed by atoms with Crippen LogP contribution in [0.5, 0.6) is 5.75 Å². The molecule has 0 fully saturated rings. The van der Waals surface area contributed by atoms with Crippen LogP contribution in [0.3, 0.4) is 0 Å². The molecule has 0 unspecified atom stereocenters. The molecule has 0 aliphatic carbocycles. The number of anilines is 1.